The Hall–Kier alpha value is -0.610. The lowest BCUT2D eigenvalue weighted by Crippen LogP contribution is -2.33. The van der Waals surface area contributed by atoms with Crippen LogP contribution in [0.15, 0.2) is 16.6 Å². The van der Waals surface area contributed by atoms with E-state index in [1.807, 2.05) is 13.0 Å². The lowest BCUT2D eigenvalue weighted by atomic mass is 10.0. The van der Waals surface area contributed by atoms with Gasteiger partial charge in [-0.3, -0.25) is 0 Å². The lowest BCUT2D eigenvalue weighted by Gasteiger charge is -2.23. The predicted octanol–water partition coefficient (Wildman–Crippen LogP) is 4.62. The molecule has 1 fully saturated rings. The van der Waals surface area contributed by atoms with Gasteiger partial charge in [0.25, 0.3) is 0 Å². The van der Waals surface area contributed by atoms with Crippen molar-refractivity contribution < 1.29 is 4.39 Å². The summed E-state index contributed by atoms with van der Waals surface area (Å²) in [5.74, 6) is -0.210. The highest BCUT2D eigenvalue weighted by atomic mass is 79.9. The molecule has 0 bridgehead atoms. The van der Waals surface area contributed by atoms with Gasteiger partial charge in [-0.2, -0.15) is 0 Å². The van der Waals surface area contributed by atoms with Crippen LogP contribution in [0.5, 0.6) is 0 Å². The Labute approximate surface area is 129 Å². The van der Waals surface area contributed by atoms with Crippen LogP contribution in [0.4, 0.5) is 10.1 Å². The number of aryl methyl sites for hydroxylation is 1. The molecule has 2 nitrogen and oxygen atoms in total. The molecule has 1 saturated heterocycles. The fourth-order valence-corrected chi connectivity index (χ4v) is 3.31. The second-order valence-corrected chi connectivity index (χ2v) is 6.72. The van der Waals surface area contributed by atoms with Gasteiger partial charge in [0, 0.05) is 17.8 Å². The molecular weight excluding hydrogens is 319 g/mol. The van der Waals surface area contributed by atoms with Gasteiger partial charge in [0.05, 0.1) is 4.47 Å². The van der Waals surface area contributed by atoms with Crippen molar-refractivity contribution in [2.24, 2.45) is 0 Å². The van der Waals surface area contributed by atoms with E-state index in [0.29, 0.717) is 16.6 Å². The Morgan fingerprint density at radius 3 is 3.00 bits per heavy atom. The summed E-state index contributed by atoms with van der Waals surface area (Å²) in [4.78, 5) is 0. The van der Waals surface area contributed by atoms with Crippen LogP contribution in [-0.4, -0.2) is 18.6 Å². The van der Waals surface area contributed by atoms with Crippen LogP contribution in [0.2, 0.25) is 0 Å². The van der Waals surface area contributed by atoms with Crippen molar-refractivity contribution in [1.82, 2.24) is 5.32 Å². The van der Waals surface area contributed by atoms with Crippen LogP contribution < -0.4 is 10.6 Å². The van der Waals surface area contributed by atoms with Gasteiger partial charge in [-0.1, -0.05) is 12.8 Å². The number of halogens is 2. The molecule has 0 amide bonds. The molecule has 112 valence electrons. The van der Waals surface area contributed by atoms with E-state index in [1.54, 1.807) is 6.07 Å². The minimum Gasteiger partial charge on any atom is -0.382 e. The molecule has 0 radical (unpaired) electrons. The highest BCUT2D eigenvalue weighted by Gasteiger charge is 2.15. The van der Waals surface area contributed by atoms with E-state index in [0.717, 1.165) is 24.2 Å². The van der Waals surface area contributed by atoms with Crippen LogP contribution in [0, 0.1) is 12.7 Å². The average molecular weight is 343 g/mol. The zero-order valence-corrected chi connectivity index (χ0v) is 13.9. The minimum atomic E-state index is -0.210. The summed E-state index contributed by atoms with van der Waals surface area (Å²) in [6.07, 6.45) is 6.27. The Bertz CT molecular complexity index is 442. The molecule has 1 aliphatic heterocycles. The molecule has 2 atom stereocenters. The first-order valence-corrected chi connectivity index (χ1v) is 8.31. The smallest absolute Gasteiger partial charge is 0.139 e. The van der Waals surface area contributed by atoms with E-state index >= 15 is 0 Å². The van der Waals surface area contributed by atoms with Gasteiger partial charge in [-0.25, -0.2) is 4.39 Å². The fourth-order valence-electron chi connectivity index (χ4n) is 2.85. The molecule has 1 heterocycles. The third-order valence-corrected chi connectivity index (χ3v) is 4.58. The summed E-state index contributed by atoms with van der Waals surface area (Å²) in [5.41, 5.74) is 1.96. The summed E-state index contributed by atoms with van der Waals surface area (Å²) in [7, 11) is 0. The Morgan fingerprint density at radius 1 is 1.40 bits per heavy atom. The zero-order chi connectivity index (χ0) is 14.5. The van der Waals surface area contributed by atoms with Gasteiger partial charge in [-0.05, 0) is 73.3 Å². The third kappa shape index (κ3) is 4.45. The number of hydrogen-bond donors (Lipinski definition) is 2. The monoisotopic (exact) mass is 342 g/mol. The molecule has 0 spiro atoms. The van der Waals surface area contributed by atoms with Gasteiger partial charge in [0.1, 0.15) is 5.82 Å². The van der Waals surface area contributed by atoms with Gasteiger partial charge >= 0.3 is 0 Å². The summed E-state index contributed by atoms with van der Waals surface area (Å²) >= 11 is 3.22. The fraction of sp³-hybridized carbons (Fsp3) is 0.625. The van der Waals surface area contributed by atoms with E-state index < -0.39 is 0 Å². The van der Waals surface area contributed by atoms with E-state index in [1.165, 1.54) is 25.7 Å². The van der Waals surface area contributed by atoms with Crippen LogP contribution in [-0.2, 0) is 0 Å². The molecule has 2 N–H and O–H groups in total. The summed E-state index contributed by atoms with van der Waals surface area (Å²) in [6.45, 7) is 5.30. The third-order valence-electron chi connectivity index (χ3n) is 3.97. The van der Waals surface area contributed by atoms with Gasteiger partial charge in [0.15, 0.2) is 0 Å². The first-order valence-electron chi connectivity index (χ1n) is 7.52. The molecule has 2 unspecified atom stereocenters. The summed E-state index contributed by atoms with van der Waals surface area (Å²) < 4.78 is 14.1. The molecule has 4 heteroatoms. The molecule has 0 aliphatic carbocycles. The summed E-state index contributed by atoms with van der Waals surface area (Å²) in [6, 6.07) is 4.33. The van der Waals surface area contributed by atoms with Crippen molar-refractivity contribution in [2.75, 3.05) is 11.9 Å². The first-order chi connectivity index (χ1) is 9.56. The van der Waals surface area contributed by atoms with Crippen LogP contribution in [0.3, 0.4) is 0 Å². The maximum Gasteiger partial charge on any atom is 0.139 e. The van der Waals surface area contributed by atoms with Crippen molar-refractivity contribution in [3.63, 3.8) is 0 Å². The second kappa shape index (κ2) is 7.41. The Kier molecular flexibility index (Phi) is 5.85. The first kappa shape index (κ1) is 15.8. The molecule has 20 heavy (non-hydrogen) atoms. The van der Waals surface area contributed by atoms with Crippen molar-refractivity contribution in [3.05, 3.63) is 28.0 Å². The molecule has 1 aromatic carbocycles. The number of anilines is 1. The highest BCUT2D eigenvalue weighted by molar-refractivity contribution is 9.10. The number of benzene rings is 1. The van der Waals surface area contributed by atoms with Gasteiger partial charge < -0.3 is 10.6 Å². The van der Waals surface area contributed by atoms with Crippen molar-refractivity contribution in [2.45, 2.75) is 58.0 Å². The van der Waals surface area contributed by atoms with E-state index in [4.69, 9.17) is 0 Å². The Morgan fingerprint density at radius 2 is 2.20 bits per heavy atom. The summed E-state index contributed by atoms with van der Waals surface area (Å²) in [5, 5.41) is 7.06. The molecule has 0 saturated carbocycles. The van der Waals surface area contributed by atoms with Crippen LogP contribution >= 0.6 is 15.9 Å². The standard InChI is InChI=1S/C16H24BrFN2/c1-11-8-14(17)15(18)10-16(11)20-12(2)9-13-6-4-3-5-7-19-13/h8,10,12-13,19-20H,3-7,9H2,1-2H3. The number of nitrogens with one attached hydrogen (secondary N) is 2. The normalized spacial score (nSPS) is 21.3. The number of hydrogen-bond acceptors (Lipinski definition) is 2. The van der Waals surface area contributed by atoms with Gasteiger partial charge in [0.2, 0.25) is 0 Å². The predicted molar refractivity (Wildman–Crippen MR) is 86.8 cm³/mol. The topological polar surface area (TPSA) is 24.1 Å². The molecule has 0 aromatic heterocycles. The maximum absolute atomic E-state index is 13.6. The maximum atomic E-state index is 13.6. The van der Waals surface area contributed by atoms with E-state index in [-0.39, 0.29) is 5.82 Å². The van der Waals surface area contributed by atoms with Crippen molar-refractivity contribution in [3.8, 4) is 0 Å². The van der Waals surface area contributed by atoms with E-state index in [9.17, 15) is 4.39 Å². The van der Waals surface area contributed by atoms with Crippen molar-refractivity contribution in [1.29, 1.82) is 0 Å². The van der Waals surface area contributed by atoms with Crippen LogP contribution in [0.1, 0.15) is 44.6 Å². The SMILES string of the molecule is Cc1cc(Br)c(F)cc1NC(C)CC1CCCCCN1. The van der Waals surface area contributed by atoms with E-state index in [2.05, 4.69) is 33.5 Å². The largest absolute Gasteiger partial charge is 0.382 e. The molecule has 2 rings (SSSR count). The van der Waals surface area contributed by atoms with Crippen LogP contribution in [0.25, 0.3) is 0 Å². The van der Waals surface area contributed by atoms with Crippen molar-refractivity contribution >= 4 is 21.6 Å². The molecular formula is C16H24BrFN2. The number of rotatable bonds is 4. The quantitative estimate of drug-likeness (QED) is 0.834. The minimum absolute atomic E-state index is 0.210. The Balaban J connectivity index is 1.93. The highest BCUT2D eigenvalue weighted by Crippen LogP contribution is 2.25. The average Bonchev–Trinajstić information content (AvgIpc) is 2.64. The molecule has 1 aromatic rings. The van der Waals surface area contributed by atoms with Gasteiger partial charge in [-0.15, -0.1) is 0 Å². The lowest BCUT2D eigenvalue weighted by molar-refractivity contribution is 0.456. The zero-order valence-electron chi connectivity index (χ0n) is 12.3. The molecule has 1 aliphatic rings. The second-order valence-electron chi connectivity index (χ2n) is 5.86.